The minimum Gasteiger partial charge on any atom is -0.456 e. The zero-order chi connectivity index (χ0) is 81.7. The first-order valence-corrected chi connectivity index (χ1v) is 41.3. The van der Waals surface area contributed by atoms with Gasteiger partial charge in [0.25, 0.3) is 6.71 Å². The number of thiophene rings is 2. The molecule has 15 aromatic carbocycles. The van der Waals surface area contributed by atoms with Crippen molar-refractivity contribution in [2.45, 2.75) is 105 Å². The van der Waals surface area contributed by atoms with Crippen LogP contribution in [0.4, 0.5) is 34.1 Å². The highest BCUT2D eigenvalue weighted by molar-refractivity contribution is 7.27. The van der Waals surface area contributed by atoms with Crippen molar-refractivity contribution in [3.05, 3.63) is 313 Å². The summed E-state index contributed by atoms with van der Waals surface area (Å²) in [6, 6.07) is 95.0. The van der Waals surface area contributed by atoms with E-state index in [9.17, 15) is 5.48 Å². The number of furan rings is 2. The van der Waals surface area contributed by atoms with Gasteiger partial charge in [0.15, 0.2) is 0 Å². The van der Waals surface area contributed by atoms with Crippen molar-refractivity contribution in [1.82, 2.24) is 4.57 Å². The predicted octanol–water partition coefficient (Wildman–Crippen LogP) is 29.3. The van der Waals surface area contributed by atoms with Gasteiger partial charge in [-0.2, -0.15) is 0 Å². The Hall–Kier alpha value is -12.2. The van der Waals surface area contributed by atoms with Crippen molar-refractivity contribution in [3.63, 3.8) is 0 Å². The van der Waals surface area contributed by atoms with Gasteiger partial charge in [0, 0.05) is 97.3 Å². The molecule has 0 aliphatic carbocycles. The molecule has 0 atom stereocenters. The second kappa shape index (κ2) is 24.7. The summed E-state index contributed by atoms with van der Waals surface area (Å²) in [6.07, 6.45) is 0. The first-order chi connectivity index (χ1) is 57.1. The Labute approximate surface area is 679 Å². The summed E-state index contributed by atoms with van der Waals surface area (Å²) in [5.74, 6) is 0. The van der Waals surface area contributed by atoms with Gasteiger partial charge in [-0.3, -0.25) is 0 Å². The molecule has 0 amide bonds. The van der Waals surface area contributed by atoms with Gasteiger partial charge in [0.1, 0.15) is 22.3 Å². The third kappa shape index (κ3) is 10.5. The van der Waals surface area contributed by atoms with E-state index in [1.54, 1.807) is 0 Å². The number of hydrogen-bond donors (Lipinski definition) is 0. The maximum atomic E-state index is 9.71. The molecule has 0 spiro atoms. The van der Waals surface area contributed by atoms with E-state index in [2.05, 4.69) is 334 Å². The summed E-state index contributed by atoms with van der Waals surface area (Å²) in [4.78, 5) is 5.12. The lowest BCUT2D eigenvalue weighted by Gasteiger charge is -2.45. The summed E-state index contributed by atoms with van der Waals surface area (Å²) in [7, 11) is 0. The fraction of sp³-hybridized carbons (Fsp3) is 0.151. The summed E-state index contributed by atoms with van der Waals surface area (Å²) in [6.45, 7) is 27.2. The Balaban J connectivity index is 0.879. The first-order valence-electron chi connectivity index (χ1n) is 42.2. The molecule has 550 valence electrons. The van der Waals surface area contributed by atoms with E-state index in [4.69, 9.17) is 10.2 Å². The molecule has 2 aliphatic heterocycles. The highest BCUT2D eigenvalue weighted by Gasteiger charge is 2.45. The monoisotopic (exact) mass is 1510 g/mol. The van der Waals surface area contributed by atoms with Crippen molar-refractivity contribution in [3.8, 4) is 50.2 Å². The van der Waals surface area contributed by atoms with Crippen LogP contribution in [0.1, 0.15) is 112 Å². The van der Waals surface area contributed by atoms with Gasteiger partial charge in [-0.25, -0.2) is 0 Å². The molecule has 20 aromatic rings. The van der Waals surface area contributed by atoms with E-state index in [0.29, 0.717) is 5.56 Å². The van der Waals surface area contributed by atoms with E-state index >= 15 is 0 Å². The number of anilines is 6. The third-order valence-electron chi connectivity index (χ3n) is 24.5. The number of benzene rings is 15. The van der Waals surface area contributed by atoms with E-state index in [0.717, 1.165) is 180 Å². The van der Waals surface area contributed by atoms with E-state index in [1.807, 2.05) is 46.9 Å². The largest absolute Gasteiger partial charge is 0.456 e. The number of fused-ring (bicyclic) bond motifs is 19. The zero-order valence-corrected chi connectivity index (χ0v) is 67.5. The molecule has 0 saturated heterocycles. The fourth-order valence-corrected chi connectivity index (χ4v) is 21.2. The number of rotatable bonds is 7. The summed E-state index contributed by atoms with van der Waals surface area (Å²) >= 11 is 3.65. The van der Waals surface area contributed by atoms with Crippen molar-refractivity contribution >= 4 is 186 Å². The van der Waals surface area contributed by atoms with Gasteiger partial charge in [0.2, 0.25) is 0 Å². The second-order valence-corrected chi connectivity index (χ2v) is 37.7. The lowest BCUT2D eigenvalue weighted by Crippen LogP contribution is -2.61. The molecule has 0 fully saturated rings. The van der Waals surface area contributed by atoms with E-state index in [1.165, 1.54) is 37.7 Å². The molecule has 5 nitrogen and oxygen atoms in total. The average molecular weight is 1510 g/mol. The Morgan fingerprint density at radius 1 is 0.298 bits per heavy atom. The zero-order valence-electron chi connectivity index (χ0n) is 70.9. The molecule has 0 unspecified atom stereocenters. The molecule has 114 heavy (non-hydrogen) atoms. The number of hydrogen-bond acceptors (Lipinski definition) is 6. The van der Waals surface area contributed by atoms with Crippen LogP contribution >= 0.6 is 22.7 Å². The van der Waals surface area contributed by atoms with Gasteiger partial charge >= 0.3 is 0 Å². The molecule has 5 aromatic heterocycles. The number of aromatic nitrogens is 1. The predicted molar refractivity (Wildman–Crippen MR) is 492 cm³/mol. The van der Waals surface area contributed by atoms with E-state index < -0.39 is 12.8 Å². The number of para-hydroxylation sites is 2. The van der Waals surface area contributed by atoms with Gasteiger partial charge in [-0.05, 0) is 196 Å². The molecular formula is C106H84BN3O2S2. The standard InChI is InChI=1S/C106H84BN3O2S2/c1-103(2,3)66-43-48-85-80(58-66)81-59-67(104(4,5)6)44-49-86(81)108(85)70-45-46-83-90(60-70)110(89-37-23-35-78-76-33-21-31-74(100(76)114-102(78)89)73-30-24-40-96-97(73)79-28-17-19-39-94(79)112-96)92-56-65(64-51-68(105(7,8)9)57-69(52-64)106(10,11)12)55-91-98(92)107(83)84-54-62(61-25-14-13-15-26-61)41-47-87(84)109(91)88-36-22-34-77-75-32-20-29-71(99(75)113-101(77)88)63-42-50-95-82(53-63)72-27-16-18-38-93(72)111-95/h13-60H,1-12H3/i13D,14D,15D,25D,26D. The first kappa shape index (κ1) is 63.3. The quantitative estimate of drug-likeness (QED) is 0.149. The Kier molecular flexibility index (Phi) is 13.7. The van der Waals surface area contributed by atoms with E-state index in [-0.39, 0.29) is 51.4 Å². The van der Waals surface area contributed by atoms with Crippen molar-refractivity contribution in [1.29, 1.82) is 0 Å². The minimum absolute atomic E-state index is 0.116. The molecule has 22 rings (SSSR count). The molecular weight excluding hydrogens is 1420 g/mol. The molecule has 0 N–H and O–H groups in total. The van der Waals surface area contributed by atoms with Crippen LogP contribution in [0.25, 0.3) is 156 Å². The van der Waals surface area contributed by atoms with Crippen molar-refractivity contribution in [2.24, 2.45) is 0 Å². The van der Waals surface area contributed by atoms with Crippen LogP contribution < -0.4 is 26.2 Å². The van der Waals surface area contributed by atoms with Gasteiger partial charge < -0.3 is 23.2 Å². The Morgan fingerprint density at radius 3 is 1.43 bits per heavy atom. The van der Waals surface area contributed by atoms with Crippen LogP contribution in [0.15, 0.2) is 300 Å². The lowest BCUT2D eigenvalue weighted by molar-refractivity contribution is 0.569. The molecule has 8 heteroatoms. The maximum Gasteiger partial charge on any atom is 0.252 e. The van der Waals surface area contributed by atoms with Crippen molar-refractivity contribution < 1.29 is 15.7 Å². The average Bonchev–Trinajstić information content (AvgIpc) is 1.60. The summed E-state index contributed by atoms with van der Waals surface area (Å²) in [5, 5.41) is 11.3. The topological polar surface area (TPSA) is 37.7 Å². The molecule has 0 saturated carbocycles. The highest BCUT2D eigenvalue weighted by atomic mass is 32.1. The van der Waals surface area contributed by atoms with Gasteiger partial charge in [-0.15, -0.1) is 22.7 Å². The summed E-state index contributed by atoms with van der Waals surface area (Å²) < 4.78 is 66.8. The molecule has 0 bridgehead atoms. The van der Waals surface area contributed by atoms with Gasteiger partial charge in [-0.1, -0.05) is 277 Å². The SMILES string of the molecule is [2H]c1c([2H])c([2H])c(-c2ccc3c(c2)B2c4ccc(-n5c6ccc(C(C)(C)C)cc6c6cc(C(C)(C)C)ccc65)cc4N(c4cccc5c4sc4c(-c6cccc7oc8ccccc8c67)cccc45)c4cc(-c5cc(C(C)(C)C)cc(C(C)(C)C)c5)cc(c42)N3c2cccc3c2sc2c(-c4ccc5oc6ccccc6c5c4)cccc23)c([2H])c1[2H]. The molecule has 2 aliphatic rings. The maximum absolute atomic E-state index is 9.71. The van der Waals surface area contributed by atoms with Crippen LogP contribution in [0, 0.1) is 0 Å². The second-order valence-electron chi connectivity index (χ2n) is 35.6. The minimum atomic E-state index is -0.501. The number of nitrogens with zero attached hydrogens (tertiary/aromatic N) is 3. The van der Waals surface area contributed by atoms with Crippen LogP contribution in [0.2, 0.25) is 0 Å². The van der Waals surface area contributed by atoms with Gasteiger partial charge in [0.05, 0.1) is 38.7 Å². The van der Waals surface area contributed by atoms with Crippen LogP contribution in [-0.2, 0) is 21.7 Å². The smallest absolute Gasteiger partial charge is 0.252 e. The van der Waals surface area contributed by atoms with Crippen LogP contribution in [0.5, 0.6) is 0 Å². The molecule has 0 radical (unpaired) electrons. The Bertz CT molecular complexity index is 7710. The van der Waals surface area contributed by atoms with Crippen LogP contribution in [0.3, 0.4) is 0 Å². The van der Waals surface area contributed by atoms with Crippen molar-refractivity contribution in [2.75, 3.05) is 9.80 Å². The lowest BCUT2D eigenvalue weighted by atomic mass is 9.33. The fourth-order valence-electron chi connectivity index (χ4n) is 18.6. The highest BCUT2D eigenvalue weighted by Crippen LogP contribution is 2.55. The normalized spacial score (nSPS) is 14.0. The third-order valence-corrected chi connectivity index (χ3v) is 27.0. The van der Waals surface area contributed by atoms with Crippen LogP contribution in [-0.4, -0.2) is 11.3 Å². The summed E-state index contributed by atoms with van der Waals surface area (Å²) in [5.41, 5.74) is 27.2. The Morgan fingerprint density at radius 2 is 0.798 bits per heavy atom. The molecule has 7 heterocycles.